The Morgan fingerprint density at radius 1 is 1.29 bits per heavy atom. The maximum Gasteiger partial charge on any atom is 0.284 e. The van der Waals surface area contributed by atoms with Gasteiger partial charge in [0.15, 0.2) is 0 Å². The molecule has 1 N–H and O–H groups in total. The zero-order chi connectivity index (χ0) is 15.6. The number of amides is 1. The lowest BCUT2D eigenvalue weighted by molar-refractivity contribution is -0.385. The van der Waals surface area contributed by atoms with Crippen LogP contribution in [-0.2, 0) is 0 Å². The van der Waals surface area contributed by atoms with Crippen molar-refractivity contribution < 1.29 is 14.8 Å². The number of carbonyl (C=O) groups is 1. The van der Waals surface area contributed by atoms with Gasteiger partial charge in [-0.05, 0) is 34.1 Å². The lowest BCUT2D eigenvalue weighted by Crippen LogP contribution is -2.26. The monoisotopic (exact) mass is 350 g/mol. The van der Waals surface area contributed by atoms with E-state index in [4.69, 9.17) is 0 Å². The Bertz CT molecular complexity index is 718. The van der Waals surface area contributed by atoms with Crippen LogP contribution in [0.1, 0.15) is 10.4 Å². The average molecular weight is 351 g/mol. The van der Waals surface area contributed by atoms with E-state index in [1.807, 2.05) is 0 Å². The Hall–Kier alpha value is -2.41. The molecule has 0 fully saturated rings. The molecule has 21 heavy (non-hydrogen) atoms. The topological polar surface area (TPSA) is 83.7 Å². The highest BCUT2D eigenvalue weighted by Gasteiger charge is 2.22. The third-order valence-electron chi connectivity index (χ3n) is 2.93. The van der Waals surface area contributed by atoms with Crippen LogP contribution in [0.15, 0.2) is 46.9 Å². The van der Waals surface area contributed by atoms with Crippen LogP contribution in [0, 0.1) is 10.1 Å². The third kappa shape index (κ3) is 3.03. The van der Waals surface area contributed by atoms with Crippen LogP contribution in [-0.4, -0.2) is 23.0 Å². The van der Waals surface area contributed by atoms with Gasteiger partial charge < -0.3 is 10.0 Å². The summed E-state index contributed by atoms with van der Waals surface area (Å²) in [5, 5.41) is 20.3. The van der Waals surface area contributed by atoms with Crippen LogP contribution < -0.4 is 4.90 Å². The molecule has 2 rings (SSSR count). The van der Waals surface area contributed by atoms with E-state index >= 15 is 0 Å². The van der Waals surface area contributed by atoms with Gasteiger partial charge in [-0.15, -0.1) is 0 Å². The van der Waals surface area contributed by atoms with Gasteiger partial charge in [0, 0.05) is 24.9 Å². The number of nitrogens with zero attached hydrogens (tertiary/aromatic N) is 2. The van der Waals surface area contributed by atoms with Crippen LogP contribution >= 0.6 is 15.9 Å². The maximum atomic E-state index is 12.4. The highest BCUT2D eigenvalue weighted by atomic mass is 79.9. The lowest BCUT2D eigenvalue weighted by Gasteiger charge is -2.18. The molecule has 0 spiro atoms. The number of aromatic hydroxyl groups is 1. The van der Waals surface area contributed by atoms with E-state index in [-0.39, 0.29) is 21.5 Å². The first-order valence-corrected chi connectivity index (χ1v) is 6.71. The summed E-state index contributed by atoms with van der Waals surface area (Å²) in [5.41, 5.74) is 0.485. The average Bonchev–Trinajstić information content (AvgIpc) is 2.45. The quantitative estimate of drug-likeness (QED) is 0.679. The molecule has 0 bridgehead atoms. The van der Waals surface area contributed by atoms with Crippen molar-refractivity contribution in [3.8, 4) is 5.75 Å². The number of hydrogen-bond donors (Lipinski definition) is 1. The largest absolute Gasteiger partial charge is 0.508 e. The van der Waals surface area contributed by atoms with Gasteiger partial charge >= 0.3 is 0 Å². The molecular weight excluding hydrogens is 340 g/mol. The number of phenolic OH excluding ortho intramolecular Hbond substituents is 1. The standard InChI is InChI=1S/C14H11BrN2O4/c1-16(9-4-2-5-10(18)8-9)14(19)11-6-3-7-12(13(11)15)17(20)21/h2-8,18H,1H3. The summed E-state index contributed by atoms with van der Waals surface area (Å²) in [6, 6.07) is 10.5. The molecule has 2 aromatic carbocycles. The van der Waals surface area contributed by atoms with Gasteiger partial charge in [-0.25, -0.2) is 0 Å². The van der Waals surface area contributed by atoms with Gasteiger partial charge in [0.1, 0.15) is 10.2 Å². The summed E-state index contributed by atoms with van der Waals surface area (Å²) >= 11 is 3.10. The fourth-order valence-electron chi connectivity index (χ4n) is 1.83. The third-order valence-corrected chi connectivity index (χ3v) is 3.76. The molecule has 7 heteroatoms. The van der Waals surface area contributed by atoms with Gasteiger partial charge in [-0.2, -0.15) is 0 Å². The van der Waals surface area contributed by atoms with Gasteiger partial charge in [0.25, 0.3) is 11.6 Å². The van der Waals surface area contributed by atoms with Crippen molar-refractivity contribution in [2.45, 2.75) is 0 Å². The highest BCUT2D eigenvalue weighted by Crippen LogP contribution is 2.30. The molecular formula is C14H11BrN2O4. The number of rotatable bonds is 3. The Labute approximate surface area is 128 Å². The van der Waals surface area contributed by atoms with E-state index in [0.717, 1.165) is 0 Å². The molecule has 0 heterocycles. The first-order valence-electron chi connectivity index (χ1n) is 5.92. The maximum absolute atomic E-state index is 12.4. The van der Waals surface area contributed by atoms with Crippen molar-refractivity contribution in [1.82, 2.24) is 0 Å². The van der Waals surface area contributed by atoms with Crippen molar-refractivity contribution in [1.29, 1.82) is 0 Å². The molecule has 0 aromatic heterocycles. The van der Waals surface area contributed by atoms with E-state index in [1.165, 1.54) is 42.3 Å². The number of hydrogen-bond acceptors (Lipinski definition) is 4. The molecule has 0 saturated heterocycles. The van der Waals surface area contributed by atoms with Gasteiger partial charge in [-0.3, -0.25) is 14.9 Å². The number of benzene rings is 2. The SMILES string of the molecule is CN(C(=O)c1cccc([N+](=O)[O-])c1Br)c1cccc(O)c1. The fraction of sp³-hybridized carbons (Fsp3) is 0.0714. The summed E-state index contributed by atoms with van der Waals surface area (Å²) in [6.07, 6.45) is 0. The number of nitro groups is 1. The molecule has 2 aromatic rings. The van der Waals surface area contributed by atoms with E-state index in [0.29, 0.717) is 5.69 Å². The molecule has 0 saturated carbocycles. The summed E-state index contributed by atoms with van der Waals surface area (Å²) < 4.78 is 0.131. The minimum Gasteiger partial charge on any atom is -0.508 e. The molecule has 0 aliphatic rings. The Morgan fingerprint density at radius 2 is 1.95 bits per heavy atom. The van der Waals surface area contributed by atoms with Crippen LogP contribution in [0.5, 0.6) is 5.75 Å². The minimum absolute atomic E-state index is 0.0326. The molecule has 0 unspecified atom stereocenters. The Morgan fingerprint density at radius 3 is 2.57 bits per heavy atom. The molecule has 0 aliphatic carbocycles. The molecule has 6 nitrogen and oxygen atoms in total. The fourth-order valence-corrected chi connectivity index (χ4v) is 2.40. The normalized spacial score (nSPS) is 10.2. The summed E-state index contributed by atoms with van der Waals surface area (Å²) in [7, 11) is 1.53. The summed E-state index contributed by atoms with van der Waals surface area (Å²) in [4.78, 5) is 24.1. The number of anilines is 1. The van der Waals surface area contributed by atoms with E-state index in [1.54, 1.807) is 12.1 Å². The molecule has 108 valence electrons. The molecule has 1 amide bonds. The van der Waals surface area contributed by atoms with Crippen LogP contribution in [0.3, 0.4) is 0 Å². The van der Waals surface area contributed by atoms with E-state index in [9.17, 15) is 20.0 Å². The predicted octanol–water partition coefficient (Wildman–Crippen LogP) is 3.34. The van der Waals surface area contributed by atoms with Gasteiger partial charge in [0.2, 0.25) is 0 Å². The van der Waals surface area contributed by atoms with Crippen LogP contribution in [0.25, 0.3) is 0 Å². The second kappa shape index (κ2) is 5.92. The zero-order valence-electron chi connectivity index (χ0n) is 11.0. The zero-order valence-corrected chi connectivity index (χ0v) is 12.6. The second-order valence-corrected chi connectivity index (χ2v) is 5.07. The molecule has 0 aliphatic heterocycles. The Balaban J connectivity index is 2.41. The first-order chi connectivity index (χ1) is 9.91. The number of phenols is 1. The first kappa shape index (κ1) is 15.0. The summed E-state index contributed by atoms with van der Waals surface area (Å²) in [6.45, 7) is 0. The van der Waals surface area contributed by atoms with Crippen molar-refractivity contribution in [2.75, 3.05) is 11.9 Å². The number of halogens is 1. The molecule has 0 atom stereocenters. The van der Waals surface area contributed by atoms with Crippen molar-refractivity contribution in [2.24, 2.45) is 0 Å². The highest BCUT2D eigenvalue weighted by molar-refractivity contribution is 9.10. The predicted molar refractivity (Wildman–Crippen MR) is 81.6 cm³/mol. The van der Waals surface area contributed by atoms with Crippen LogP contribution in [0.4, 0.5) is 11.4 Å². The van der Waals surface area contributed by atoms with Crippen molar-refractivity contribution >= 4 is 33.2 Å². The Kier molecular flexibility index (Phi) is 4.23. The number of carbonyl (C=O) groups excluding carboxylic acids is 1. The minimum atomic E-state index is -0.560. The van der Waals surface area contributed by atoms with Crippen LogP contribution in [0.2, 0.25) is 0 Å². The smallest absolute Gasteiger partial charge is 0.284 e. The summed E-state index contributed by atoms with van der Waals surface area (Å²) in [5.74, 6) is -0.388. The van der Waals surface area contributed by atoms with E-state index in [2.05, 4.69) is 15.9 Å². The van der Waals surface area contributed by atoms with Crippen molar-refractivity contribution in [3.05, 3.63) is 62.6 Å². The lowest BCUT2D eigenvalue weighted by atomic mass is 10.1. The molecule has 0 radical (unpaired) electrons. The van der Waals surface area contributed by atoms with Gasteiger partial charge in [0.05, 0.1) is 10.5 Å². The van der Waals surface area contributed by atoms with Crippen molar-refractivity contribution in [3.63, 3.8) is 0 Å². The number of nitro benzene ring substituents is 1. The van der Waals surface area contributed by atoms with E-state index < -0.39 is 10.8 Å². The second-order valence-electron chi connectivity index (χ2n) is 4.28. The van der Waals surface area contributed by atoms with Gasteiger partial charge in [-0.1, -0.05) is 12.1 Å².